The average molecular weight is 268 g/mol. The predicted octanol–water partition coefficient (Wildman–Crippen LogP) is 3.97. The molecule has 1 N–H and O–H groups in total. The fourth-order valence-electron chi connectivity index (χ4n) is 1.92. The van der Waals surface area contributed by atoms with Crippen LogP contribution < -0.4 is 5.32 Å². The van der Waals surface area contributed by atoms with Crippen LogP contribution in [0.15, 0.2) is 40.8 Å². The third-order valence-electron chi connectivity index (χ3n) is 2.77. The van der Waals surface area contributed by atoms with Crippen molar-refractivity contribution in [2.45, 2.75) is 19.4 Å². The first-order valence-corrected chi connectivity index (χ1v) is 6.30. The van der Waals surface area contributed by atoms with Crippen LogP contribution in [-0.4, -0.2) is 6.54 Å². The van der Waals surface area contributed by atoms with Crippen LogP contribution in [0, 0.1) is 5.82 Å². The molecule has 18 heavy (non-hydrogen) atoms. The summed E-state index contributed by atoms with van der Waals surface area (Å²) < 4.78 is 19.0. The van der Waals surface area contributed by atoms with Gasteiger partial charge in [0.05, 0.1) is 6.04 Å². The molecule has 1 atom stereocenters. The SMILES string of the molecule is CCNC(Cc1ccccc1F)c1ccc(Cl)o1. The van der Waals surface area contributed by atoms with Gasteiger partial charge in [0.15, 0.2) is 5.22 Å². The van der Waals surface area contributed by atoms with Gasteiger partial charge in [-0.15, -0.1) is 0 Å². The van der Waals surface area contributed by atoms with Crippen molar-refractivity contribution in [1.82, 2.24) is 5.32 Å². The Kier molecular flexibility index (Phi) is 4.39. The zero-order valence-electron chi connectivity index (χ0n) is 10.1. The summed E-state index contributed by atoms with van der Waals surface area (Å²) in [5.41, 5.74) is 0.663. The van der Waals surface area contributed by atoms with Crippen molar-refractivity contribution in [1.29, 1.82) is 0 Å². The Morgan fingerprint density at radius 1 is 1.28 bits per heavy atom. The lowest BCUT2D eigenvalue weighted by molar-refractivity contribution is 0.413. The average Bonchev–Trinajstić information content (AvgIpc) is 2.78. The van der Waals surface area contributed by atoms with Gasteiger partial charge >= 0.3 is 0 Å². The van der Waals surface area contributed by atoms with Crippen molar-refractivity contribution in [3.8, 4) is 0 Å². The van der Waals surface area contributed by atoms with Crippen molar-refractivity contribution in [2.24, 2.45) is 0 Å². The lowest BCUT2D eigenvalue weighted by Crippen LogP contribution is -2.22. The lowest BCUT2D eigenvalue weighted by Gasteiger charge is -2.15. The third-order valence-corrected chi connectivity index (χ3v) is 2.97. The molecule has 0 aliphatic heterocycles. The number of halogens is 2. The second kappa shape index (κ2) is 6.03. The molecular weight excluding hydrogens is 253 g/mol. The summed E-state index contributed by atoms with van der Waals surface area (Å²) >= 11 is 5.77. The monoisotopic (exact) mass is 267 g/mol. The van der Waals surface area contributed by atoms with Gasteiger partial charge < -0.3 is 9.73 Å². The maximum absolute atomic E-state index is 13.6. The molecule has 2 aromatic rings. The molecule has 0 radical (unpaired) electrons. The third kappa shape index (κ3) is 3.12. The van der Waals surface area contributed by atoms with Crippen LogP contribution >= 0.6 is 11.6 Å². The molecule has 0 saturated heterocycles. The van der Waals surface area contributed by atoms with E-state index in [1.54, 1.807) is 18.2 Å². The van der Waals surface area contributed by atoms with E-state index in [2.05, 4.69) is 5.32 Å². The molecule has 0 spiro atoms. The molecular formula is C14H15ClFNO. The van der Waals surface area contributed by atoms with Gasteiger partial charge in [-0.1, -0.05) is 25.1 Å². The summed E-state index contributed by atoms with van der Waals surface area (Å²) in [6.07, 6.45) is 0.532. The van der Waals surface area contributed by atoms with Crippen LogP contribution in [0.3, 0.4) is 0 Å². The van der Waals surface area contributed by atoms with Crippen molar-refractivity contribution < 1.29 is 8.81 Å². The summed E-state index contributed by atoms with van der Waals surface area (Å²) in [4.78, 5) is 0. The number of hydrogen-bond acceptors (Lipinski definition) is 2. The highest BCUT2D eigenvalue weighted by Gasteiger charge is 2.16. The van der Waals surface area contributed by atoms with Crippen molar-refractivity contribution in [2.75, 3.05) is 6.54 Å². The summed E-state index contributed by atoms with van der Waals surface area (Å²) in [6.45, 7) is 2.77. The van der Waals surface area contributed by atoms with E-state index in [1.807, 2.05) is 19.1 Å². The van der Waals surface area contributed by atoms with Crippen LogP contribution in [0.4, 0.5) is 4.39 Å². The van der Waals surface area contributed by atoms with Gasteiger partial charge in [0.25, 0.3) is 0 Å². The second-order valence-electron chi connectivity index (χ2n) is 4.05. The number of likely N-dealkylation sites (N-methyl/N-ethyl adjacent to an activating group) is 1. The van der Waals surface area contributed by atoms with E-state index >= 15 is 0 Å². The topological polar surface area (TPSA) is 25.2 Å². The highest BCUT2D eigenvalue weighted by molar-refractivity contribution is 6.28. The molecule has 1 aromatic carbocycles. The molecule has 0 aliphatic rings. The van der Waals surface area contributed by atoms with E-state index in [9.17, 15) is 4.39 Å². The smallest absolute Gasteiger partial charge is 0.193 e. The van der Waals surface area contributed by atoms with E-state index in [0.29, 0.717) is 17.2 Å². The number of hydrogen-bond donors (Lipinski definition) is 1. The molecule has 1 aromatic heterocycles. The van der Waals surface area contributed by atoms with Crippen LogP contribution in [0.2, 0.25) is 5.22 Å². The molecule has 2 nitrogen and oxygen atoms in total. The zero-order chi connectivity index (χ0) is 13.0. The predicted molar refractivity (Wildman–Crippen MR) is 70.2 cm³/mol. The van der Waals surface area contributed by atoms with E-state index in [-0.39, 0.29) is 11.9 Å². The number of furan rings is 1. The maximum atomic E-state index is 13.6. The van der Waals surface area contributed by atoms with Gasteiger partial charge in [-0.25, -0.2) is 4.39 Å². The summed E-state index contributed by atoms with van der Waals surface area (Å²) in [5.74, 6) is 0.531. The van der Waals surface area contributed by atoms with Gasteiger partial charge in [0.2, 0.25) is 0 Å². The lowest BCUT2D eigenvalue weighted by atomic mass is 10.0. The Morgan fingerprint density at radius 3 is 2.67 bits per heavy atom. The fraction of sp³-hybridized carbons (Fsp3) is 0.286. The van der Waals surface area contributed by atoms with E-state index in [4.69, 9.17) is 16.0 Å². The van der Waals surface area contributed by atoms with Crippen molar-refractivity contribution in [3.63, 3.8) is 0 Å². The summed E-state index contributed by atoms with van der Waals surface area (Å²) in [5, 5.41) is 3.62. The molecule has 1 heterocycles. The van der Waals surface area contributed by atoms with Crippen LogP contribution in [0.25, 0.3) is 0 Å². The van der Waals surface area contributed by atoms with Crippen LogP contribution in [0.5, 0.6) is 0 Å². The van der Waals surface area contributed by atoms with Crippen molar-refractivity contribution in [3.05, 3.63) is 58.8 Å². The number of benzene rings is 1. The zero-order valence-corrected chi connectivity index (χ0v) is 10.9. The Hall–Kier alpha value is -1.32. The molecule has 4 heteroatoms. The van der Waals surface area contributed by atoms with Gasteiger partial charge in [0, 0.05) is 0 Å². The largest absolute Gasteiger partial charge is 0.448 e. The molecule has 0 aliphatic carbocycles. The van der Waals surface area contributed by atoms with E-state index < -0.39 is 0 Å². The van der Waals surface area contributed by atoms with Crippen molar-refractivity contribution >= 4 is 11.6 Å². The maximum Gasteiger partial charge on any atom is 0.193 e. The molecule has 0 bridgehead atoms. The molecule has 96 valence electrons. The fourth-order valence-corrected chi connectivity index (χ4v) is 2.07. The standard InChI is InChI=1S/C14H15ClFNO/c1-2-17-12(13-7-8-14(15)18-13)9-10-5-3-4-6-11(10)16/h3-8,12,17H,2,9H2,1H3. The van der Waals surface area contributed by atoms with Crippen LogP contribution in [-0.2, 0) is 6.42 Å². The van der Waals surface area contributed by atoms with Crippen LogP contribution in [0.1, 0.15) is 24.3 Å². The molecule has 1 unspecified atom stereocenters. The quantitative estimate of drug-likeness (QED) is 0.887. The highest BCUT2D eigenvalue weighted by atomic mass is 35.5. The molecule has 2 rings (SSSR count). The number of nitrogens with one attached hydrogen (secondary N) is 1. The Morgan fingerprint density at radius 2 is 2.06 bits per heavy atom. The first kappa shape index (κ1) is 13.1. The van der Waals surface area contributed by atoms with E-state index in [1.165, 1.54) is 6.07 Å². The molecule has 0 fully saturated rings. The first-order valence-electron chi connectivity index (χ1n) is 5.92. The minimum Gasteiger partial charge on any atom is -0.448 e. The molecule has 0 amide bonds. The summed E-state index contributed by atoms with van der Waals surface area (Å²) in [6, 6.07) is 10.2. The Labute approximate surface area is 111 Å². The normalized spacial score (nSPS) is 12.6. The Bertz CT molecular complexity index is 512. The highest BCUT2D eigenvalue weighted by Crippen LogP contribution is 2.24. The Balaban J connectivity index is 2.19. The molecule has 0 saturated carbocycles. The van der Waals surface area contributed by atoms with Gasteiger partial charge in [0.1, 0.15) is 11.6 Å². The van der Waals surface area contributed by atoms with Gasteiger partial charge in [-0.2, -0.15) is 0 Å². The second-order valence-corrected chi connectivity index (χ2v) is 4.42. The minimum atomic E-state index is -0.196. The van der Waals surface area contributed by atoms with Gasteiger partial charge in [-0.05, 0) is 48.3 Å². The van der Waals surface area contributed by atoms with E-state index in [0.717, 1.165) is 12.3 Å². The minimum absolute atomic E-state index is 0.0700. The van der Waals surface area contributed by atoms with Gasteiger partial charge in [-0.3, -0.25) is 0 Å². The number of rotatable bonds is 5. The first-order chi connectivity index (χ1) is 8.70. The summed E-state index contributed by atoms with van der Waals surface area (Å²) in [7, 11) is 0.